The zero-order chi connectivity index (χ0) is 37.1. The number of hydrogen-bond acceptors (Lipinski definition) is 0. The van der Waals surface area contributed by atoms with E-state index in [-0.39, 0.29) is 5.04 Å². The maximum absolute atomic E-state index is 2.54. The van der Waals surface area contributed by atoms with Gasteiger partial charge in [-0.3, -0.25) is 0 Å². The maximum Gasteiger partial charge on any atom is 0.153 e. The summed E-state index contributed by atoms with van der Waals surface area (Å²) in [5.74, 6) is 0. The maximum atomic E-state index is 2.54. The van der Waals surface area contributed by atoms with Crippen LogP contribution in [0.5, 0.6) is 0 Å². The molecule has 2 nitrogen and oxygen atoms in total. The fourth-order valence-electron chi connectivity index (χ4n) is 9.47. The number of rotatable bonds is 6. The lowest BCUT2D eigenvalue weighted by Crippen LogP contribution is -2.72. The average molecular weight is 723 g/mol. The predicted molar refractivity (Wildman–Crippen MR) is 238 cm³/mol. The molecule has 0 radical (unpaired) electrons. The van der Waals surface area contributed by atoms with Crippen LogP contribution in [0.15, 0.2) is 200 Å². The van der Waals surface area contributed by atoms with Gasteiger partial charge in [-0.15, -0.1) is 0 Å². The first kappa shape index (κ1) is 33.2. The predicted octanol–water partition coefficient (Wildman–Crippen LogP) is 11.8. The van der Waals surface area contributed by atoms with Crippen LogP contribution in [0.4, 0.5) is 0 Å². The van der Waals surface area contributed by atoms with Crippen LogP contribution in [-0.2, 0) is 0 Å². The van der Waals surface area contributed by atoms with E-state index in [1.807, 2.05) is 0 Å². The van der Waals surface area contributed by atoms with E-state index in [0.717, 1.165) is 11.4 Å². The van der Waals surface area contributed by atoms with E-state index in [4.69, 9.17) is 0 Å². The normalized spacial score (nSPS) is 12.3. The van der Waals surface area contributed by atoms with Gasteiger partial charge in [0.05, 0.1) is 22.1 Å². The van der Waals surface area contributed by atoms with Crippen molar-refractivity contribution in [2.75, 3.05) is 0 Å². The average Bonchev–Trinajstić information content (AvgIpc) is 3.74. The van der Waals surface area contributed by atoms with Gasteiger partial charge >= 0.3 is 0 Å². The van der Waals surface area contributed by atoms with Crippen molar-refractivity contribution in [1.82, 2.24) is 9.13 Å². The molecule has 55 heavy (non-hydrogen) atoms. The molecule has 0 N–H and O–H groups in total. The van der Waals surface area contributed by atoms with Gasteiger partial charge in [0.25, 0.3) is 0 Å². The third-order valence-electron chi connectivity index (χ3n) is 11.8. The molecule has 0 aliphatic carbocycles. The van der Waals surface area contributed by atoms with Gasteiger partial charge in [-0.05, 0) is 74.2 Å². The minimum atomic E-state index is -2.54. The van der Waals surface area contributed by atoms with Crippen molar-refractivity contribution in [1.29, 1.82) is 0 Å². The van der Waals surface area contributed by atoms with Gasteiger partial charge < -0.3 is 9.13 Å². The van der Waals surface area contributed by atoms with Gasteiger partial charge in [-0.25, -0.2) is 0 Å². The van der Waals surface area contributed by atoms with Crippen molar-refractivity contribution in [2.45, 2.75) is 25.8 Å². The molecule has 0 amide bonds. The zero-order valence-electron chi connectivity index (χ0n) is 31.4. The highest BCUT2D eigenvalue weighted by atomic mass is 28.3. The van der Waals surface area contributed by atoms with Crippen molar-refractivity contribution < 1.29 is 0 Å². The molecule has 0 bridgehead atoms. The number of hydrogen-bond donors (Lipinski definition) is 0. The second kappa shape index (κ2) is 12.9. The number of benzene rings is 8. The quantitative estimate of drug-likeness (QED) is 0.119. The Labute approximate surface area is 323 Å². The minimum absolute atomic E-state index is 0.000496. The Morgan fingerprint density at radius 3 is 1.38 bits per heavy atom. The Morgan fingerprint density at radius 1 is 0.327 bits per heavy atom. The molecule has 0 unspecified atom stereocenters. The van der Waals surface area contributed by atoms with Crippen LogP contribution in [0.1, 0.15) is 20.8 Å². The number of fused-ring (bicyclic) bond motifs is 6. The summed E-state index contributed by atoms with van der Waals surface area (Å²) < 4.78 is 4.90. The summed E-state index contributed by atoms with van der Waals surface area (Å²) in [6, 6.07) is 74.3. The van der Waals surface area contributed by atoms with Crippen LogP contribution in [-0.4, -0.2) is 17.2 Å². The van der Waals surface area contributed by atoms with Crippen LogP contribution >= 0.6 is 0 Å². The van der Waals surface area contributed by atoms with E-state index in [9.17, 15) is 0 Å². The second-order valence-corrected chi connectivity index (χ2v) is 20.5. The summed E-state index contributed by atoms with van der Waals surface area (Å²) in [6.45, 7) is 7.32. The summed E-state index contributed by atoms with van der Waals surface area (Å²) in [7, 11) is -2.54. The lowest BCUT2D eigenvalue weighted by atomic mass is 10.1. The lowest BCUT2D eigenvalue weighted by molar-refractivity contribution is 0.739. The monoisotopic (exact) mass is 722 g/mol. The van der Waals surface area contributed by atoms with E-state index in [1.165, 1.54) is 70.3 Å². The third kappa shape index (κ3) is 5.15. The fraction of sp³-hybridized carbons (Fsp3) is 0.0769. The molecular formula is C52H42N2Si. The summed E-state index contributed by atoms with van der Waals surface area (Å²) in [5.41, 5.74) is 9.59. The Balaban J connectivity index is 1.20. The molecule has 8 aromatic carbocycles. The van der Waals surface area contributed by atoms with Crippen LogP contribution in [0.3, 0.4) is 0 Å². The Kier molecular flexibility index (Phi) is 7.76. The Hall–Kier alpha value is -6.42. The van der Waals surface area contributed by atoms with Crippen LogP contribution in [0, 0.1) is 0 Å². The van der Waals surface area contributed by atoms with Gasteiger partial charge in [0, 0.05) is 32.9 Å². The molecular weight excluding hydrogens is 681 g/mol. The van der Waals surface area contributed by atoms with Gasteiger partial charge in [-0.1, -0.05) is 178 Å². The van der Waals surface area contributed by atoms with Crippen LogP contribution < -0.4 is 15.6 Å². The molecule has 10 rings (SSSR count). The molecule has 2 heterocycles. The van der Waals surface area contributed by atoms with Crippen molar-refractivity contribution in [3.63, 3.8) is 0 Å². The molecule has 2 aromatic heterocycles. The lowest BCUT2D eigenvalue weighted by Gasteiger charge is -2.44. The van der Waals surface area contributed by atoms with E-state index in [1.54, 1.807) is 0 Å². The van der Waals surface area contributed by atoms with Crippen LogP contribution in [0.2, 0.25) is 5.04 Å². The van der Waals surface area contributed by atoms with Gasteiger partial charge in [0.15, 0.2) is 8.07 Å². The summed E-state index contributed by atoms with van der Waals surface area (Å²) >= 11 is 0. The largest absolute Gasteiger partial charge is 0.309 e. The highest BCUT2D eigenvalue weighted by Crippen LogP contribution is 2.40. The zero-order valence-corrected chi connectivity index (χ0v) is 32.4. The summed E-state index contributed by atoms with van der Waals surface area (Å²) in [4.78, 5) is 0. The van der Waals surface area contributed by atoms with Crippen molar-refractivity contribution in [3.8, 4) is 22.5 Å². The highest BCUT2D eigenvalue weighted by Gasteiger charge is 2.49. The number of nitrogens with zero attached hydrogens (tertiary/aromatic N) is 2. The topological polar surface area (TPSA) is 9.86 Å². The molecule has 0 atom stereocenters. The smallest absolute Gasteiger partial charge is 0.153 e. The van der Waals surface area contributed by atoms with Gasteiger partial charge in [0.2, 0.25) is 0 Å². The van der Waals surface area contributed by atoms with E-state index < -0.39 is 8.07 Å². The summed E-state index contributed by atoms with van der Waals surface area (Å²) in [6.07, 6.45) is 0. The minimum Gasteiger partial charge on any atom is -0.309 e. The molecule has 264 valence electrons. The molecule has 0 aliphatic heterocycles. The standard InChI is InChI=1S/C52H42N2Si/c1-52(2,3)55(41-19-9-5-10-20-41,42-21-11-6-12-22-42)43-32-34-50-47(36-43)45-24-14-16-26-49(45)54(50)40-31-33-46-44-23-13-15-25-48(44)53(51(46)35-40)39-29-27-38(28-30-39)37-17-7-4-8-18-37/h4-36H,1-3H3. The van der Waals surface area contributed by atoms with E-state index in [0.29, 0.717) is 0 Å². The first-order chi connectivity index (χ1) is 26.9. The molecule has 0 saturated carbocycles. The molecule has 0 aliphatic rings. The van der Waals surface area contributed by atoms with Gasteiger partial charge in [0.1, 0.15) is 0 Å². The van der Waals surface area contributed by atoms with Crippen molar-refractivity contribution >= 4 is 67.2 Å². The molecule has 10 aromatic rings. The van der Waals surface area contributed by atoms with Crippen molar-refractivity contribution in [3.05, 3.63) is 200 Å². The third-order valence-corrected chi connectivity index (χ3v) is 17.6. The Morgan fingerprint density at radius 2 is 0.782 bits per heavy atom. The molecule has 0 saturated heterocycles. The van der Waals surface area contributed by atoms with E-state index >= 15 is 0 Å². The van der Waals surface area contributed by atoms with Crippen LogP contribution in [0.25, 0.3) is 66.1 Å². The Bertz CT molecular complexity index is 2950. The molecule has 0 spiro atoms. The number of aromatic nitrogens is 2. The second-order valence-electron chi connectivity index (χ2n) is 15.8. The molecule has 0 fully saturated rings. The summed E-state index contributed by atoms with van der Waals surface area (Å²) in [5, 5.41) is 9.38. The molecule has 3 heteroatoms. The SMILES string of the molecule is CC(C)(C)[Si](c1ccccc1)(c1ccccc1)c1ccc2c(c1)c1ccccc1n2-c1ccc2c3ccccc3n(-c3ccc(-c4ccccc4)cc3)c2c1. The first-order valence-electron chi connectivity index (χ1n) is 19.3. The van der Waals surface area contributed by atoms with E-state index in [2.05, 4.69) is 230 Å². The number of para-hydroxylation sites is 2. The highest BCUT2D eigenvalue weighted by molar-refractivity contribution is 7.13. The van der Waals surface area contributed by atoms with Gasteiger partial charge in [-0.2, -0.15) is 0 Å². The fourth-order valence-corrected chi connectivity index (χ4v) is 15.1. The van der Waals surface area contributed by atoms with Crippen molar-refractivity contribution in [2.24, 2.45) is 0 Å². The first-order valence-corrected chi connectivity index (χ1v) is 21.3.